The Hall–Kier alpha value is -2.08. The number of methoxy groups -OCH3 is 1. The van der Waals surface area contributed by atoms with Crippen LogP contribution in [-0.2, 0) is 20.1 Å². The molecule has 3 rings (SSSR count). The summed E-state index contributed by atoms with van der Waals surface area (Å²) in [5, 5.41) is 14.4. The molecule has 0 saturated carbocycles. The Morgan fingerprint density at radius 3 is 2.38 bits per heavy atom. The van der Waals surface area contributed by atoms with Crippen molar-refractivity contribution in [3.63, 3.8) is 0 Å². The molecule has 2 aromatic carbocycles. The quantitative estimate of drug-likeness (QED) is 0.313. The fourth-order valence-electron chi connectivity index (χ4n) is 3.51. The van der Waals surface area contributed by atoms with Crippen LogP contribution in [0.4, 0.5) is 0 Å². The number of nitrogens with zero attached hydrogens (tertiary/aromatic N) is 1. The van der Waals surface area contributed by atoms with Crippen molar-refractivity contribution < 1.29 is 19.1 Å². The molecule has 0 fully saturated rings. The van der Waals surface area contributed by atoms with Crippen molar-refractivity contribution in [1.82, 2.24) is 5.32 Å². The third kappa shape index (κ3) is 5.59. The van der Waals surface area contributed by atoms with Crippen LogP contribution in [0.15, 0.2) is 40.9 Å². The molecular formula is C23H18Cl4N2O4S. The summed E-state index contributed by atoms with van der Waals surface area (Å²) in [6, 6.07) is 10.3. The SMILES string of the molecule is CCOc1c(Cl)cc([C@H]2C(C#N)=C(SCc3ccc(Cl)cc3Cl)NC(=O)[C@@H]2C(=O)OC)cc1Cl. The summed E-state index contributed by atoms with van der Waals surface area (Å²) < 4.78 is 10.3. The third-order valence-corrected chi connectivity index (χ3v) is 7.25. The Morgan fingerprint density at radius 2 is 1.82 bits per heavy atom. The van der Waals surface area contributed by atoms with Crippen LogP contribution in [0, 0.1) is 17.2 Å². The highest BCUT2D eigenvalue weighted by atomic mass is 35.5. The van der Waals surface area contributed by atoms with Gasteiger partial charge in [0.25, 0.3) is 0 Å². The van der Waals surface area contributed by atoms with Gasteiger partial charge in [-0.25, -0.2) is 0 Å². The van der Waals surface area contributed by atoms with Crippen molar-refractivity contribution in [1.29, 1.82) is 5.26 Å². The Labute approximate surface area is 221 Å². The first-order valence-electron chi connectivity index (χ1n) is 9.93. The van der Waals surface area contributed by atoms with Crippen molar-refractivity contribution in [2.24, 2.45) is 5.92 Å². The number of esters is 1. The summed E-state index contributed by atoms with van der Waals surface area (Å²) in [4.78, 5) is 25.6. The van der Waals surface area contributed by atoms with E-state index in [2.05, 4.69) is 11.4 Å². The number of ether oxygens (including phenoxy) is 2. The monoisotopic (exact) mass is 558 g/mol. The molecule has 0 radical (unpaired) electrons. The molecule has 1 amide bonds. The average molecular weight is 560 g/mol. The van der Waals surface area contributed by atoms with Gasteiger partial charge in [-0.1, -0.05) is 52.5 Å². The van der Waals surface area contributed by atoms with Crippen LogP contribution < -0.4 is 10.1 Å². The number of allylic oxidation sites excluding steroid dienone is 1. The number of thioether (sulfide) groups is 1. The normalized spacial score (nSPS) is 17.7. The van der Waals surface area contributed by atoms with Crippen molar-refractivity contribution in [3.05, 3.63) is 72.2 Å². The highest BCUT2D eigenvalue weighted by Gasteiger charge is 2.44. The van der Waals surface area contributed by atoms with Crippen molar-refractivity contribution >= 4 is 70.0 Å². The van der Waals surface area contributed by atoms with Gasteiger partial charge in [-0.3, -0.25) is 9.59 Å². The smallest absolute Gasteiger partial charge is 0.319 e. The van der Waals surface area contributed by atoms with Gasteiger partial charge in [0, 0.05) is 21.7 Å². The molecule has 1 N–H and O–H groups in total. The van der Waals surface area contributed by atoms with Crippen LogP contribution in [-0.4, -0.2) is 25.6 Å². The molecule has 2 aromatic rings. The molecule has 1 aliphatic heterocycles. The van der Waals surface area contributed by atoms with Gasteiger partial charge in [0.15, 0.2) is 5.75 Å². The topological polar surface area (TPSA) is 88.4 Å². The number of nitriles is 1. The fraction of sp³-hybridized carbons (Fsp3) is 0.261. The molecule has 0 aliphatic carbocycles. The summed E-state index contributed by atoms with van der Waals surface area (Å²) in [5.41, 5.74) is 1.33. The van der Waals surface area contributed by atoms with E-state index in [9.17, 15) is 14.9 Å². The van der Waals surface area contributed by atoms with E-state index in [0.29, 0.717) is 33.0 Å². The Morgan fingerprint density at radius 1 is 1.15 bits per heavy atom. The first-order valence-corrected chi connectivity index (χ1v) is 12.4. The zero-order valence-electron chi connectivity index (χ0n) is 18.0. The molecule has 1 heterocycles. The lowest BCUT2D eigenvalue weighted by molar-refractivity contribution is -0.150. The highest BCUT2D eigenvalue weighted by molar-refractivity contribution is 8.02. The van der Waals surface area contributed by atoms with Crippen LogP contribution in [0.2, 0.25) is 20.1 Å². The molecular weight excluding hydrogens is 542 g/mol. The van der Waals surface area contributed by atoms with E-state index in [1.807, 2.05) is 0 Å². The van der Waals surface area contributed by atoms with Crippen LogP contribution in [0.3, 0.4) is 0 Å². The average Bonchev–Trinajstić information content (AvgIpc) is 2.79. The number of carbonyl (C=O) groups excluding carboxylic acids is 2. The Bertz CT molecular complexity index is 1190. The predicted octanol–water partition coefficient (Wildman–Crippen LogP) is 6.37. The number of carbonyl (C=O) groups is 2. The zero-order chi connectivity index (χ0) is 25.0. The summed E-state index contributed by atoms with van der Waals surface area (Å²) in [6.07, 6.45) is 0. The first-order chi connectivity index (χ1) is 16.2. The maximum Gasteiger partial charge on any atom is 0.319 e. The van der Waals surface area contributed by atoms with Gasteiger partial charge in [-0.2, -0.15) is 5.26 Å². The summed E-state index contributed by atoms with van der Waals surface area (Å²) >= 11 is 26.2. The molecule has 34 heavy (non-hydrogen) atoms. The van der Waals surface area contributed by atoms with Crippen molar-refractivity contribution in [2.45, 2.75) is 18.6 Å². The minimum atomic E-state index is -1.31. The number of halogens is 4. The standard InChI is InChI=1S/C23H18Cl4N2O4S/c1-3-33-20-16(26)6-12(7-17(20)27)18-14(9-28)22(29-21(30)19(18)23(31)32-2)34-10-11-4-5-13(24)8-15(11)25/h4-8,18-19H,3,10H2,1-2H3,(H,29,30)/t18-,19+/m0/s1. The van der Waals surface area contributed by atoms with E-state index in [1.165, 1.54) is 31.0 Å². The van der Waals surface area contributed by atoms with Crippen LogP contribution in [0.25, 0.3) is 0 Å². The van der Waals surface area contributed by atoms with E-state index < -0.39 is 23.7 Å². The van der Waals surface area contributed by atoms with E-state index in [0.717, 1.165) is 5.56 Å². The number of nitrogens with one attached hydrogen (secondary N) is 1. The minimum absolute atomic E-state index is 0.168. The number of amides is 1. The molecule has 178 valence electrons. The van der Waals surface area contributed by atoms with Gasteiger partial charge < -0.3 is 14.8 Å². The maximum absolute atomic E-state index is 13.0. The van der Waals surface area contributed by atoms with E-state index >= 15 is 0 Å². The maximum atomic E-state index is 13.0. The second-order valence-corrected chi connectivity index (χ2v) is 9.74. The van der Waals surface area contributed by atoms with Gasteiger partial charge in [0.05, 0.1) is 40.4 Å². The summed E-state index contributed by atoms with van der Waals surface area (Å²) in [7, 11) is 1.17. The van der Waals surface area contributed by atoms with Crippen LogP contribution >= 0.6 is 58.2 Å². The molecule has 0 bridgehead atoms. The zero-order valence-corrected chi connectivity index (χ0v) is 21.8. The summed E-state index contributed by atoms with van der Waals surface area (Å²) in [6.45, 7) is 2.12. The van der Waals surface area contributed by atoms with E-state index in [-0.39, 0.29) is 21.4 Å². The largest absolute Gasteiger partial charge is 0.491 e. The first kappa shape index (κ1) is 26.5. The molecule has 11 heteroatoms. The predicted molar refractivity (Wildman–Crippen MR) is 134 cm³/mol. The molecule has 0 spiro atoms. The second-order valence-electron chi connectivity index (χ2n) is 7.09. The highest BCUT2D eigenvalue weighted by Crippen LogP contribution is 2.44. The van der Waals surface area contributed by atoms with Crippen LogP contribution in [0.5, 0.6) is 5.75 Å². The van der Waals surface area contributed by atoms with Crippen molar-refractivity contribution in [3.8, 4) is 11.8 Å². The number of rotatable bonds is 7. The van der Waals surface area contributed by atoms with E-state index in [4.69, 9.17) is 55.9 Å². The Kier molecular flexibility index (Phi) is 9.02. The van der Waals surface area contributed by atoms with Gasteiger partial charge in [0.1, 0.15) is 5.92 Å². The lowest BCUT2D eigenvalue weighted by atomic mass is 9.78. The third-order valence-electron chi connectivity index (χ3n) is 5.04. The molecule has 1 aliphatic rings. The molecule has 6 nitrogen and oxygen atoms in total. The van der Waals surface area contributed by atoms with Crippen molar-refractivity contribution in [2.75, 3.05) is 13.7 Å². The van der Waals surface area contributed by atoms with Gasteiger partial charge in [0.2, 0.25) is 5.91 Å². The molecule has 2 atom stereocenters. The Balaban J connectivity index is 2.09. The number of hydrogen-bond donors (Lipinski definition) is 1. The van der Waals surface area contributed by atoms with Gasteiger partial charge in [-0.15, -0.1) is 11.8 Å². The summed E-state index contributed by atoms with van der Waals surface area (Å²) in [5.74, 6) is -3.06. The van der Waals surface area contributed by atoms with Gasteiger partial charge in [-0.05, 0) is 42.3 Å². The van der Waals surface area contributed by atoms with Crippen LogP contribution in [0.1, 0.15) is 24.0 Å². The fourth-order valence-corrected chi connectivity index (χ4v) is 5.73. The number of benzene rings is 2. The van der Waals surface area contributed by atoms with Gasteiger partial charge >= 0.3 is 5.97 Å². The number of hydrogen-bond acceptors (Lipinski definition) is 6. The molecule has 0 aromatic heterocycles. The lowest BCUT2D eigenvalue weighted by Gasteiger charge is -2.31. The lowest BCUT2D eigenvalue weighted by Crippen LogP contribution is -2.44. The molecule has 0 saturated heterocycles. The molecule has 0 unspecified atom stereocenters. The second kappa shape index (κ2) is 11.6. The minimum Gasteiger partial charge on any atom is -0.491 e. The van der Waals surface area contributed by atoms with E-state index in [1.54, 1.807) is 25.1 Å².